The summed E-state index contributed by atoms with van der Waals surface area (Å²) in [6.45, 7) is -0.447. The largest absolute Gasteiger partial charge is 0.391 e. The van der Waals surface area contributed by atoms with Crippen molar-refractivity contribution >= 4 is 23.2 Å². The van der Waals surface area contributed by atoms with E-state index in [0.717, 1.165) is 30.4 Å². The van der Waals surface area contributed by atoms with E-state index >= 15 is 0 Å². The topological polar surface area (TPSA) is 148 Å². The quantitative estimate of drug-likeness (QED) is 0.158. The van der Waals surface area contributed by atoms with Gasteiger partial charge in [-0.25, -0.2) is 5.84 Å². The van der Waals surface area contributed by atoms with E-state index in [9.17, 15) is 19.7 Å². The molecular formula is C20H24N4O5. The maximum Gasteiger partial charge on any atom is 0.276 e. The first-order valence-corrected chi connectivity index (χ1v) is 9.18. The van der Waals surface area contributed by atoms with Crippen molar-refractivity contribution in [1.29, 1.82) is 0 Å². The first-order chi connectivity index (χ1) is 13.9. The molecule has 0 heterocycles. The van der Waals surface area contributed by atoms with Crippen molar-refractivity contribution in [1.82, 2.24) is 5.43 Å². The third-order valence-corrected chi connectivity index (χ3v) is 4.40. The molecule has 0 saturated heterocycles. The lowest BCUT2D eigenvalue weighted by molar-refractivity contribution is -0.385. The maximum atomic E-state index is 12.2. The van der Waals surface area contributed by atoms with Gasteiger partial charge in [0.2, 0.25) is 11.8 Å². The van der Waals surface area contributed by atoms with Crippen molar-refractivity contribution in [2.45, 2.75) is 38.7 Å². The van der Waals surface area contributed by atoms with Crippen molar-refractivity contribution in [3.63, 3.8) is 0 Å². The molecule has 5 N–H and O–H groups in total. The summed E-state index contributed by atoms with van der Waals surface area (Å²) in [6.07, 6.45) is 2.95. The second-order valence-electron chi connectivity index (χ2n) is 6.57. The molecule has 0 aliphatic rings. The van der Waals surface area contributed by atoms with E-state index in [2.05, 4.69) is 10.7 Å². The van der Waals surface area contributed by atoms with Gasteiger partial charge >= 0.3 is 0 Å². The molecule has 0 fully saturated rings. The molecule has 2 rings (SSSR count). The van der Waals surface area contributed by atoms with Gasteiger partial charge in [0.25, 0.3) is 5.69 Å². The van der Waals surface area contributed by atoms with Gasteiger partial charge in [-0.05, 0) is 42.5 Å². The molecule has 0 saturated carbocycles. The first kappa shape index (κ1) is 22.0. The van der Waals surface area contributed by atoms with Crippen LogP contribution in [0, 0.1) is 10.1 Å². The van der Waals surface area contributed by atoms with Gasteiger partial charge < -0.3 is 10.4 Å². The predicted octanol–water partition coefficient (Wildman–Crippen LogP) is 1.97. The third-order valence-electron chi connectivity index (χ3n) is 4.40. The van der Waals surface area contributed by atoms with Crippen LogP contribution in [0.4, 0.5) is 11.4 Å². The number of nitro benzene ring substituents is 1. The van der Waals surface area contributed by atoms with Crippen molar-refractivity contribution in [3.8, 4) is 0 Å². The summed E-state index contributed by atoms with van der Waals surface area (Å²) in [7, 11) is 0. The smallest absolute Gasteiger partial charge is 0.276 e. The number of benzene rings is 2. The zero-order chi connectivity index (χ0) is 21.2. The minimum absolute atomic E-state index is 0.131. The Morgan fingerprint density at radius 1 is 1.03 bits per heavy atom. The van der Waals surface area contributed by atoms with Gasteiger partial charge in [-0.2, -0.15) is 0 Å². The van der Waals surface area contributed by atoms with Crippen LogP contribution >= 0.6 is 0 Å². The van der Waals surface area contributed by atoms with E-state index in [1.54, 1.807) is 0 Å². The maximum absolute atomic E-state index is 12.2. The Bertz CT molecular complexity index is 868. The van der Waals surface area contributed by atoms with Gasteiger partial charge in [-0.3, -0.25) is 25.1 Å². The highest BCUT2D eigenvalue weighted by molar-refractivity contribution is 5.92. The second-order valence-corrected chi connectivity index (χ2v) is 6.57. The average Bonchev–Trinajstić information content (AvgIpc) is 2.72. The van der Waals surface area contributed by atoms with Gasteiger partial charge in [0.05, 0.1) is 23.5 Å². The summed E-state index contributed by atoms with van der Waals surface area (Å²) < 4.78 is 0. The summed E-state index contributed by atoms with van der Waals surface area (Å²) >= 11 is 0. The van der Waals surface area contributed by atoms with E-state index in [4.69, 9.17) is 10.9 Å². The highest BCUT2D eigenvalue weighted by Gasteiger charge is 2.15. The van der Waals surface area contributed by atoms with Crippen LogP contribution in [-0.2, 0) is 29.0 Å². The van der Waals surface area contributed by atoms with E-state index in [1.807, 2.05) is 24.3 Å². The fraction of sp³-hybridized carbons (Fsp3) is 0.300. The number of nitrogens with two attached hydrogens (primary N) is 1. The standard InChI is InChI=1S/C20H24N4O5/c21-23-19(26)4-2-1-3-14-5-7-15(8-6-14)11-20(27)22-17-10-9-16(13-25)18(12-17)24(28)29/h5-10,12,25H,1-4,11,13,21H2,(H,22,27)(H,23,26). The Hall–Kier alpha value is -3.30. The number of aliphatic hydroxyl groups excluding tert-OH is 1. The molecule has 9 nitrogen and oxygen atoms in total. The van der Waals surface area contributed by atoms with Gasteiger partial charge in [0.15, 0.2) is 0 Å². The molecule has 0 radical (unpaired) electrons. The Balaban J connectivity index is 1.87. The molecule has 0 aliphatic heterocycles. The summed E-state index contributed by atoms with van der Waals surface area (Å²) in [5.41, 5.74) is 4.28. The van der Waals surface area contributed by atoms with Crippen LogP contribution in [0.2, 0.25) is 0 Å². The predicted molar refractivity (Wildman–Crippen MR) is 108 cm³/mol. The number of hydrogen-bond acceptors (Lipinski definition) is 6. The van der Waals surface area contributed by atoms with E-state index < -0.39 is 11.5 Å². The van der Waals surface area contributed by atoms with Crippen LogP contribution in [0.5, 0.6) is 0 Å². The van der Waals surface area contributed by atoms with E-state index in [-0.39, 0.29) is 29.5 Å². The SMILES string of the molecule is NNC(=O)CCCCc1ccc(CC(=O)Nc2ccc(CO)c([N+](=O)[O-])c2)cc1. The second kappa shape index (κ2) is 10.9. The summed E-state index contributed by atoms with van der Waals surface area (Å²) in [5.74, 6) is 4.56. The molecule has 0 spiro atoms. The van der Waals surface area contributed by atoms with E-state index in [1.165, 1.54) is 18.2 Å². The number of carbonyl (C=O) groups is 2. The third kappa shape index (κ3) is 6.98. The van der Waals surface area contributed by atoms with Crippen LogP contribution in [-0.4, -0.2) is 21.8 Å². The number of hydrazine groups is 1. The summed E-state index contributed by atoms with van der Waals surface area (Å²) in [5, 5.41) is 22.8. The van der Waals surface area contributed by atoms with Gasteiger partial charge in [-0.15, -0.1) is 0 Å². The first-order valence-electron chi connectivity index (χ1n) is 9.18. The Morgan fingerprint density at radius 2 is 1.72 bits per heavy atom. The minimum atomic E-state index is -0.595. The molecule has 0 aliphatic carbocycles. The van der Waals surface area contributed by atoms with Gasteiger partial charge in [0, 0.05) is 18.2 Å². The van der Waals surface area contributed by atoms with Crippen molar-refractivity contribution in [2.75, 3.05) is 5.32 Å². The fourth-order valence-corrected chi connectivity index (χ4v) is 2.85. The number of nitro groups is 1. The number of aliphatic hydroxyl groups is 1. The van der Waals surface area contributed by atoms with Crippen LogP contribution in [0.15, 0.2) is 42.5 Å². The molecule has 2 aromatic rings. The number of aryl methyl sites for hydroxylation is 1. The number of hydrogen-bond donors (Lipinski definition) is 4. The van der Waals surface area contributed by atoms with Crippen molar-refractivity contribution in [2.24, 2.45) is 5.84 Å². The number of amides is 2. The van der Waals surface area contributed by atoms with Crippen molar-refractivity contribution < 1.29 is 19.6 Å². The zero-order valence-corrected chi connectivity index (χ0v) is 15.9. The fourth-order valence-electron chi connectivity index (χ4n) is 2.85. The van der Waals surface area contributed by atoms with Crippen LogP contribution < -0.4 is 16.6 Å². The van der Waals surface area contributed by atoms with Crippen LogP contribution in [0.25, 0.3) is 0 Å². The Labute approximate surface area is 168 Å². The molecular weight excluding hydrogens is 376 g/mol. The monoisotopic (exact) mass is 400 g/mol. The molecule has 154 valence electrons. The molecule has 29 heavy (non-hydrogen) atoms. The normalized spacial score (nSPS) is 10.4. The molecule has 0 bridgehead atoms. The molecule has 0 atom stereocenters. The lowest BCUT2D eigenvalue weighted by atomic mass is 10.0. The number of carbonyl (C=O) groups excluding carboxylic acids is 2. The number of unbranched alkanes of at least 4 members (excludes halogenated alkanes) is 1. The molecule has 2 amide bonds. The Kier molecular flexibility index (Phi) is 8.26. The highest BCUT2D eigenvalue weighted by Crippen LogP contribution is 2.23. The molecule has 9 heteroatoms. The lowest BCUT2D eigenvalue weighted by Crippen LogP contribution is -2.29. The lowest BCUT2D eigenvalue weighted by Gasteiger charge is -2.08. The molecule has 2 aromatic carbocycles. The van der Waals surface area contributed by atoms with Crippen molar-refractivity contribution in [3.05, 3.63) is 69.3 Å². The van der Waals surface area contributed by atoms with Gasteiger partial charge in [-0.1, -0.05) is 24.3 Å². The Morgan fingerprint density at radius 3 is 2.34 bits per heavy atom. The van der Waals surface area contributed by atoms with Crippen LogP contribution in [0.3, 0.4) is 0 Å². The summed E-state index contributed by atoms with van der Waals surface area (Å²) in [4.78, 5) is 33.7. The molecule has 0 aromatic heterocycles. The van der Waals surface area contributed by atoms with Gasteiger partial charge in [0.1, 0.15) is 0 Å². The average molecular weight is 400 g/mol. The number of nitrogens with one attached hydrogen (secondary N) is 2. The van der Waals surface area contributed by atoms with E-state index in [0.29, 0.717) is 12.1 Å². The highest BCUT2D eigenvalue weighted by atomic mass is 16.6. The number of anilines is 1. The van der Waals surface area contributed by atoms with Crippen LogP contribution in [0.1, 0.15) is 36.0 Å². The molecule has 0 unspecified atom stereocenters. The minimum Gasteiger partial charge on any atom is -0.391 e. The zero-order valence-electron chi connectivity index (χ0n) is 15.9. The number of nitrogens with zero attached hydrogens (tertiary/aromatic N) is 1. The summed E-state index contributed by atoms with van der Waals surface area (Å²) in [6, 6.07) is 11.8. The number of rotatable bonds is 10.